The van der Waals surface area contributed by atoms with Gasteiger partial charge < -0.3 is 0 Å². The van der Waals surface area contributed by atoms with Crippen LogP contribution < -0.4 is 0 Å². The molecule has 0 aliphatic carbocycles. The van der Waals surface area contributed by atoms with Crippen LogP contribution in [0.1, 0.15) is 50.0 Å². The van der Waals surface area contributed by atoms with Crippen LogP contribution in [-0.4, -0.2) is 4.37 Å². The molecule has 0 saturated carbocycles. The van der Waals surface area contributed by atoms with Gasteiger partial charge in [-0.25, -0.2) is 4.39 Å². The molecule has 0 aliphatic heterocycles. The van der Waals surface area contributed by atoms with E-state index in [4.69, 9.17) is 0 Å². The summed E-state index contributed by atoms with van der Waals surface area (Å²) < 4.78 is 17.8. The van der Waals surface area contributed by atoms with E-state index in [1.807, 2.05) is 6.07 Å². The molecule has 0 N–H and O–H groups in total. The molecule has 0 bridgehead atoms. The van der Waals surface area contributed by atoms with Crippen LogP contribution in [0.15, 0.2) is 24.3 Å². The number of benzene rings is 1. The van der Waals surface area contributed by atoms with Crippen LogP contribution in [0.5, 0.6) is 0 Å². The van der Waals surface area contributed by atoms with Crippen molar-refractivity contribution in [1.82, 2.24) is 4.37 Å². The van der Waals surface area contributed by atoms with E-state index in [9.17, 15) is 4.39 Å². The molecule has 0 amide bonds. The molecule has 0 atom stereocenters. The first kappa shape index (κ1) is 13.2. The van der Waals surface area contributed by atoms with Crippen LogP contribution in [-0.2, 0) is 0 Å². The highest BCUT2D eigenvalue weighted by Crippen LogP contribution is 2.32. The second-order valence-corrected chi connectivity index (χ2v) is 5.99. The molecule has 2 aromatic rings. The molecule has 18 heavy (non-hydrogen) atoms. The van der Waals surface area contributed by atoms with Gasteiger partial charge in [0.1, 0.15) is 5.82 Å². The third-order valence-electron chi connectivity index (χ3n) is 3.01. The maximum absolute atomic E-state index is 13.3. The lowest BCUT2D eigenvalue weighted by molar-refractivity contribution is 0.623. The van der Waals surface area contributed by atoms with Gasteiger partial charge in [0.15, 0.2) is 0 Å². The van der Waals surface area contributed by atoms with Crippen molar-refractivity contribution in [3.63, 3.8) is 0 Å². The highest BCUT2D eigenvalue weighted by Gasteiger charge is 2.13. The fraction of sp³-hybridized carbons (Fsp3) is 0.400. The van der Waals surface area contributed by atoms with Gasteiger partial charge in [-0.05, 0) is 53.2 Å². The zero-order valence-electron chi connectivity index (χ0n) is 11.2. The topological polar surface area (TPSA) is 12.9 Å². The fourth-order valence-electron chi connectivity index (χ4n) is 1.93. The second kappa shape index (κ2) is 5.19. The van der Waals surface area contributed by atoms with Crippen molar-refractivity contribution in [3.05, 3.63) is 40.5 Å². The van der Waals surface area contributed by atoms with Gasteiger partial charge in [-0.3, -0.25) is 0 Å². The predicted molar refractivity (Wildman–Crippen MR) is 75.7 cm³/mol. The van der Waals surface area contributed by atoms with Gasteiger partial charge in [0.25, 0.3) is 0 Å². The monoisotopic (exact) mass is 263 g/mol. The van der Waals surface area contributed by atoms with Gasteiger partial charge in [0, 0.05) is 10.4 Å². The van der Waals surface area contributed by atoms with Gasteiger partial charge in [-0.1, -0.05) is 27.7 Å². The maximum atomic E-state index is 13.3. The second-order valence-electron chi connectivity index (χ2n) is 5.16. The number of rotatable bonds is 3. The van der Waals surface area contributed by atoms with Crippen molar-refractivity contribution in [2.24, 2.45) is 0 Å². The summed E-state index contributed by atoms with van der Waals surface area (Å²) in [5.74, 6) is 0.598. The SMILES string of the molecule is CC(C)c1cc(-c2ccc(F)cc2C(C)C)ns1. The van der Waals surface area contributed by atoms with E-state index in [0.717, 1.165) is 16.8 Å². The lowest BCUT2D eigenvalue weighted by atomic mass is 9.95. The molecule has 0 saturated heterocycles. The van der Waals surface area contributed by atoms with E-state index >= 15 is 0 Å². The normalized spacial score (nSPS) is 11.5. The summed E-state index contributed by atoms with van der Waals surface area (Å²) >= 11 is 1.53. The maximum Gasteiger partial charge on any atom is 0.123 e. The number of hydrogen-bond donors (Lipinski definition) is 0. The molecule has 1 heterocycles. The van der Waals surface area contributed by atoms with Crippen molar-refractivity contribution in [2.75, 3.05) is 0 Å². The average Bonchev–Trinajstić information content (AvgIpc) is 2.78. The Hall–Kier alpha value is -1.22. The standard InChI is InChI=1S/C15H18FNS/c1-9(2)13-7-11(16)5-6-12(13)14-8-15(10(3)4)18-17-14/h5-10H,1-4H3. The van der Waals surface area contributed by atoms with Crippen LogP contribution in [0.3, 0.4) is 0 Å². The van der Waals surface area contributed by atoms with E-state index in [1.54, 1.807) is 6.07 Å². The first-order chi connectivity index (χ1) is 8.49. The summed E-state index contributed by atoms with van der Waals surface area (Å²) in [6.07, 6.45) is 0. The highest BCUT2D eigenvalue weighted by molar-refractivity contribution is 7.06. The van der Waals surface area contributed by atoms with Crippen LogP contribution in [0.2, 0.25) is 0 Å². The number of hydrogen-bond acceptors (Lipinski definition) is 2. The molecule has 3 heteroatoms. The molecule has 0 radical (unpaired) electrons. The van der Waals surface area contributed by atoms with E-state index in [-0.39, 0.29) is 5.82 Å². The van der Waals surface area contributed by atoms with Crippen molar-refractivity contribution in [2.45, 2.75) is 39.5 Å². The third kappa shape index (κ3) is 2.61. The minimum atomic E-state index is -0.179. The molecule has 96 valence electrons. The highest BCUT2D eigenvalue weighted by atomic mass is 32.1. The Morgan fingerprint density at radius 1 is 1.06 bits per heavy atom. The van der Waals surface area contributed by atoms with Crippen LogP contribution in [0.4, 0.5) is 4.39 Å². The Bertz CT molecular complexity index is 543. The van der Waals surface area contributed by atoms with Gasteiger partial charge in [0.05, 0.1) is 5.69 Å². The van der Waals surface area contributed by atoms with Crippen LogP contribution in [0.25, 0.3) is 11.3 Å². The van der Waals surface area contributed by atoms with Crippen LogP contribution >= 0.6 is 11.5 Å². The van der Waals surface area contributed by atoms with Gasteiger partial charge in [-0.15, -0.1) is 0 Å². The molecule has 0 spiro atoms. The van der Waals surface area contributed by atoms with Gasteiger partial charge in [0.2, 0.25) is 0 Å². The lowest BCUT2D eigenvalue weighted by Crippen LogP contribution is -1.94. The summed E-state index contributed by atoms with van der Waals surface area (Å²) in [4.78, 5) is 1.27. The first-order valence-corrected chi connectivity index (χ1v) is 7.02. The zero-order valence-corrected chi connectivity index (χ0v) is 12.0. The molecule has 1 nitrogen and oxygen atoms in total. The molecular formula is C15H18FNS. The molecule has 1 aromatic carbocycles. The molecule has 0 fully saturated rings. The van der Waals surface area contributed by atoms with Gasteiger partial charge in [-0.2, -0.15) is 4.37 Å². The Morgan fingerprint density at radius 2 is 1.78 bits per heavy atom. The Morgan fingerprint density at radius 3 is 2.33 bits per heavy atom. The fourth-order valence-corrected chi connectivity index (χ4v) is 2.66. The Kier molecular flexibility index (Phi) is 3.81. The third-order valence-corrected chi connectivity index (χ3v) is 4.10. The number of aromatic nitrogens is 1. The molecule has 1 aromatic heterocycles. The summed E-state index contributed by atoms with van der Waals surface area (Å²) in [6, 6.07) is 7.09. The summed E-state index contributed by atoms with van der Waals surface area (Å²) in [5, 5.41) is 0. The van der Waals surface area contributed by atoms with Gasteiger partial charge >= 0.3 is 0 Å². The zero-order chi connectivity index (χ0) is 13.3. The van der Waals surface area contributed by atoms with E-state index in [1.165, 1.54) is 22.5 Å². The van der Waals surface area contributed by atoms with E-state index in [0.29, 0.717) is 11.8 Å². The minimum Gasteiger partial charge on any atom is -0.207 e. The summed E-state index contributed by atoms with van der Waals surface area (Å²) in [6.45, 7) is 8.47. The summed E-state index contributed by atoms with van der Waals surface area (Å²) in [7, 11) is 0. The quantitative estimate of drug-likeness (QED) is 0.742. The van der Waals surface area contributed by atoms with Crippen molar-refractivity contribution < 1.29 is 4.39 Å². The summed E-state index contributed by atoms with van der Waals surface area (Å²) in [5.41, 5.74) is 3.04. The van der Waals surface area contributed by atoms with E-state index < -0.39 is 0 Å². The average molecular weight is 263 g/mol. The minimum absolute atomic E-state index is 0.179. The molecule has 0 unspecified atom stereocenters. The number of nitrogens with zero attached hydrogens (tertiary/aromatic N) is 1. The first-order valence-electron chi connectivity index (χ1n) is 6.25. The molecular weight excluding hydrogens is 245 g/mol. The molecule has 0 aliphatic rings. The van der Waals surface area contributed by atoms with Crippen molar-refractivity contribution in [1.29, 1.82) is 0 Å². The Balaban J connectivity index is 2.49. The predicted octanol–water partition coefficient (Wildman–Crippen LogP) is 5.20. The van der Waals surface area contributed by atoms with Crippen molar-refractivity contribution in [3.8, 4) is 11.3 Å². The van der Waals surface area contributed by atoms with E-state index in [2.05, 4.69) is 38.1 Å². The Labute approximate surface area is 112 Å². The number of halogens is 1. The van der Waals surface area contributed by atoms with Crippen LogP contribution in [0, 0.1) is 5.82 Å². The largest absolute Gasteiger partial charge is 0.207 e. The lowest BCUT2D eigenvalue weighted by Gasteiger charge is -2.11. The smallest absolute Gasteiger partial charge is 0.123 e. The molecule has 2 rings (SSSR count). The van der Waals surface area contributed by atoms with Crippen molar-refractivity contribution >= 4 is 11.5 Å².